The molecular weight excluding hydrogens is 317 g/mol. The molecule has 0 heterocycles. The number of esters is 1. The van der Waals surface area contributed by atoms with Gasteiger partial charge in [-0.2, -0.15) is 8.78 Å². The maximum atomic E-state index is 14.4. The fourth-order valence-electron chi connectivity index (χ4n) is 1.72. The molecule has 0 radical (unpaired) electrons. The highest BCUT2D eigenvalue weighted by Crippen LogP contribution is 2.66. The Labute approximate surface area is 128 Å². The van der Waals surface area contributed by atoms with Gasteiger partial charge in [0.25, 0.3) is 0 Å². The highest BCUT2D eigenvalue weighted by Gasteiger charge is 2.54. The minimum atomic E-state index is -4.65. The number of carbonyl (C=O) groups is 1. The Morgan fingerprint density at radius 2 is 1.55 bits per heavy atom. The van der Waals surface area contributed by atoms with Crippen LogP contribution in [-0.4, -0.2) is 25.8 Å². The number of hydrogen-bond acceptors (Lipinski definition) is 5. The van der Waals surface area contributed by atoms with Crippen LogP contribution in [0, 0.1) is 0 Å². The molecule has 0 amide bonds. The van der Waals surface area contributed by atoms with E-state index in [0.717, 1.165) is 12.1 Å². The predicted molar refractivity (Wildman–Crippen MR) is 77.2 cm³/mol. The quantitative estimate of drug-likeness (QED) is 0.526. The van der Waals surface area contributed by atoms with Crippen molar-refractivity contribution in [3.8, 4) is 0 Å². The van der Waals surface area contributed by atoms with E-state index in [0.29, 0.717) is 0 Å². The first-order valence-corrected chi connectivity index (χ1v) is 8.41. The monoisotopic (exact) mass is 336 g/mol. The van der Waals surface area contributed by atoms with Gasteiger partial charge in [0, 0.05) is 5.56 Å². The molecule has 0 saturated heterocycles. The smallest absolute Gasteiger partial charge is 0.404 e. The Hall–Kier alpha value is -1.30. The second-order valence-corrected chi connectivity index (χ2v) is 6.25. The van der Waals surface area contributed by atoms with E-state index in [1.165, 1.54) is 26.0 Å². The average Bonchev–Trinajstić information content (AvgIpc) is 2.48. The van der Waals surface area contributed by atoms with Crippen molar-refractivity contribution in [3.63, 3.8) is 0 Å². The molecule has 1 rings (SSSR count). The molecule has 124 valence electrons. The second kappa shape index (κ2) is 7.81. The minimum Gasteiger partial charge on any atom is -0.462 e. The van der Waals surface area contributed by atoms with E-state index in [4.69, 9.17) is 13.8 Å². The van der Waals surface area contributed by atoms with Gasteiger partial charge in [0.2, 0.25) is 0 Å². The van der Waals surface area contributed by atoms with Gasteiger partial charge in [0.15, 0.2) is 0 Å². The molecule has 1 aromatic carbocycles. The highest BCUT2D eigenvalue weighted by atomic mass is 31.2. The standard InChI is InChI=1S/C14H19F2O5P/c1-4-19-13(17)11-7-9-12(10-8-11)14(15,16)22(18,20-5-2)21-6-3/h7-10H,4-6H2,1-3H3. The Morgan fingerprint density at radius 1 is 1.05 bits per heavy atom. The first-order valence-electron chi connectivity index (χ1n) is 6.87. The topological polar surface area (TPSA) is 61.8 Å². The zero-order valence-electron chi connectivity index (χ0n) is 12.7. The number of alkyl halides is 2. The Balaban J connectivity index is 3.11. The summed E-state index contributed by atoms with van der Waals surface area (Å²) in [6.07, 6.45) is 0. The lowest BCUT2D eigenvalue weighted by molar-refractivity contribution is 0.0359. The summed E-state index contributed by atoms with van der Waals surface area (Å²) in [5.74, 6) is -0.616. The third-order valence-corrected chi connectivity index (χ3v) is 4.83. The van der Waals surface area contributed by atoms with Gasteiger partial charge in [-0.15, -0.1) is 0 Å². The van der Waals surface area contributed by atoms with Crippen LogP contribution in [0.1, 0.15) is 36.7 Å². The van der Waals surface area contributed by atoms with Gasteiger partial charge >= 0.3 is 19.2 Å². The molecule has 0 aliphatic heterocycles. The molecule has 0 aliphatic rings. The van der Waals surface area contributed by atoms with Crippen molar-refractivity contribution >= 4 is 13.6 Å². The lowest BCUT2D eigenvalue weighted by atomic mass is 10.1. The predicted octanol–water partition coefficient (Wildman–Crippen LogP) is 4.18. The van der Waals surface area contributed by atoms with E-state index in [-0.39, 0.29) is 25.4 Å². The number of hydrogen-bond donors (Lipinski definition) is 0. The first kappa shape index (κ1) is 18.7. The molecule has 0 unspecified atom stereocenters. The summed E-state index contributed by atoms with van der Waals surface area (Å²) in [5, 5.41) is 0. The van der Waals surface area contributed by atoms with Crippen LogP contribution in [0.5, 0.6) is 0 Å². The van der Waals surface area contributed by atoms with Crippen LogP contribution >= 0.6 is 7.60 Å². The number of rotatable bonds is 8. The molecule has 0 N–H and O–H groups in total. The molecule has 0 atom stereocenters. The number of ether oxygens (including phenoxy) is 1. The largest absolute Gasteiger partial charge is 0.462 e. The van der Waals surface area contributed by atoms with Gasteiger partial charge in [0.05, 0.1) is 25.4 Å². The third kappa shape index (κ3) is 3.91. The van der Waals surface area contributed by atoms with Crippen molar-refractivity contribution in [3.05, 3.63) is 35.4 Å². The number of halogens is 2. The summed E-state index contributed by atoms with van der Waals surface area (Å²) in [5.41, 5.74) is -4.23. The van der Waals surface area contributed by atoms with Crippen molar-refractivity contribution in [2.24, 2.45) is 0 Å². The Bertz CT molecular complexity index is 535. The minimum absolute atomic E-state index is 0.129. The highest BCUT2D eigenvalue weighted by molar-refractivity contribution is 7.54. The molecule has 0 fully saturated rings. The van der Waals surface area contributed by atoms with Crippen molar-refractivity contribution in [2.45, 2.75) is 26.4 Å². The van der Waals surface area contributed by atoms with Crippen LogP contribution in [0.15, 0.2) is 24.3 Å². The number of benzene rings is 1. The summed E-state index contributed by atoms with van der Waals surface area (Å²) in [4.78, 5) is 11.5. The lowest BCUT2D eigenvalue weighted by Gasteiger charge is -2.26. The van der Waals surface area contributed by atoms with Gasteiger partial charge in [-0.25, -0.2) is 4.79 Å². The molecule has 0 saturated carbocycles. The first-order chi connectivity index (χ1) is 10.3. The maximum absolute atomic E-state index is 14.4. The molecule has 5 nitrogen and oxygen atoms in total. The summed E-state index contributed by atoms with van der Waals surface area (Å²) >= 11 is 0. The van der Waals surface area contributed by atoms with E-state index >= 15 is 0 Å². The van der Waals surface area contributed by atoms with E-state index in [2.05, 4.69) is 0 Å². The summed E-state index contributed by atoms with van der Waals surface area (Å²) in [6.45, 7) is 4.38. The van der Waals surface area contributed by atoms with E-state index in [1.807, 2.05) is 0 Å². The van der Waals surface area contributed by atoms with E-state index in [1.54, 1.807) is 6.92 Å². The number of carbonyl (C=O) groups excluding carboxylic acids is 1. The molecule has 0 bridgehead atoms. The molecule has 0 spiro atoms. The van der Waals surface area contributed by atoms with Crippen molar-refractivity contribution in [1.29, 1.82) is 0 Å². The molecule has 8 heteroatoms. The van der Waals surface area contributed by atoms with Gasteiger partial charge < -0.3 is 13.8 Å². The summed E-state index contributed by atoms with van der Waals surface area (Å²) < 4.78 is 55.3. The normalized spacial score (nSPS) is 12.2. The van der Waals surface area contributed by atoms with Gasteiger partial charge in [-0.1, -0.05) is 12.1 Å². The summed E-state index contributed by atoms with van der Waals surface area (Å²) in [6, 6.07) is 4.39. The van der Waals surface area contributed by atoms with Crippen molar-refractivity contribution < 1.29 is 31.9 Å². The third-order valence-electron chi connectivity index (χ3n) is 2.69. The molecule has 0 aliphatic carbocycles. The maximum Gasteiger partial charge on any atom is 0.404 e. The fourth-order valence-corrected chi connectivity index (χ4v) is 3.26. The zero-order chi connectivity index (χ0) is 16.8. The van der Waals surface area contributed by atoms with Crippen LogP contribution in [0.3, 0.4) is 0 Å². The summed E-state index contributed by atoms with van der Waals surface area (Å²) in [7, 11) is -4.65. The van der Waals surface area contributed by atoms with Crippen LogP contribution in [-0.2, 0) is 24.0 Å². The van der Waals surface area contributed by atoms with Crippen LogP contribution in [0.2, 0.25) is 0 Å². The molecular formula is C14H19F2O5P. The Kier molecular flexibility index (Phi) is 6.66. The zero-order valence-corrected chi connectivity index (χ0v) is 13.6. The van der Waals surface area contributed by atoms with Crippen LogP contribution in [0.4, 0.5) is 8.78 Å². The van der Waals surface area contributed by atoms with Gasteiger partial charge in [-0.05, 0) is 32.9 Å². The van der Waals surface area contributed by atoms with E-state index < -0.39 is 24.8 Å². The fraction of sp³-hybridized carbons (Fsp3) is 0.500. The average molecular weight is 336 g/mol. The SMILES string of the molecule is CCOC(=O)c1ccc(C(F)(F)P(=O)(OCC)OCC)cc1. The molecule has 1 aromatic rings. The van der Waals surface area contributed by atoms with Crippen molar-refractivity contribution in [1.82, 2.24) is 0 Å². The Morgan fingerprint density at radius 3 is 1.95 bits per heavy atom. The van der Waals surface area contributed by atoms with Gasteiger partial charge in [-0.3, -0.25) is 4.57 Å². The van der Waals surface area contributed by atoms with Crippen LogP contribution in [0.25, 0.3) is 0 Å². The second-order valence-electron chi connectivity index (χ2n) is 4.17. The molecule has 0 aromatic heterocycles. The van der Waals surface area contributed by atoms with Crippen molar-refractivity contribution in [2.75, 3.05) is 19.8 Å². The van der Waals surface area contributed by atoms with E-state index in [9.17, 15) is 18.1 Å². The van der Waals surface area contributed by atoms with Crippen LogP contribution < -0.4 is 0 Å². The lowest BCUT2D eigenvalue weighted by Crippen LogP contribution is -2.18. The molecule has 22 heavy (non-hydrogen) atoms. The van der Waals surface area contributed by atoms with Gasteiger partial charge in [0.1, 0.15) is 0 Å².